The van der Waals surface area contributed by atoms with Gasteiger partial charge in [-0.15, -0.1) is 0 Å². The molecule has 0 spiro atoms. The molecular weight excluding hydrogens is 287 g/mol. The number of rotatable bonds is 6. The Morgan fingerprint density at radius 1 is 1.55 bits per heavy atom. The van der Waals surface area contributed by atoms with Crippen LogP contribution in [0.5, 0.6) is 0 Å². The highest BCUT2D eigenvalue weighted by Crippen LogP contribution is 2.15. The Bertz CT molecular complexity index is 524. The van der Waals surface area contributed by atoms with Crippen LogP contribution in [0.4, 0.5) is 4.39 Å². The van der Waals surface area contributed by atoms with Crippen LogP contribution in [0.3, 0.4) is 0 Å². The number of benzene rings is 1. The second-order valence-electron chi connectivity index (χ2n) is 5.91. The lowest BCUT2D eigenvalue weighted by Crippen LogP contribution is -2.47. The molecule has 1 aliphatic rings. The Kier molecular flexibility index (Phi) is 5.88. The van der Waals surface area contributed by atoms with Gasteiger partial charge >= 0.3 is 5.97 Å². The van der Waals surface area contributed by atoms with Crippen molar-refractivity contribution in [2.75, 3.05) is 39.8 Å². The molecule has 0 aliphatic carbocycles. The van der Waals surface area contributed by atoms with Crippen molar-refractivity contribution in [3.63, 3.8) is 0 Å². The minimum absolute atomic E-state index is 0.00757. The fourth-order valence-corrected chi connectivity index (χ4v) is 2.74. The molecule has 122 valence electrons. The van der Waals surface area contributed by atoms with Gasteiger partial charge in [-0.25, -0.2) is 4.39 Å². The third kappa shape index (κ3) is 5.05. The molecule has 1 heterocycles. The van der Waals surface area contributed by atoms with E-state index < -0.39 is 5.97 Å². The van der Waals surface area contributed by atoms with Gasteiger partial charge in [0, 0.05) is 31.7 Å². The van der Waals surface area contributed by atoms with Crippen LogP contribution in [0.2, 0.25) is 0 Å². The van der Waals surface area contributed by atoms with Gasteiger partial charge in [-0.3, -0.25) is 14.6 Å². The molecule has 1 atom stereocenters. The molecule has 1 aromatic rings. The summed E-state index contributed by atoms with van der Waals surface area (Å²) in [6, 6.07) is 5.14. The molecule has 1 fully saturated rings. The number of halogens is 1. The standard InChI is InChI=1S/C16H23FN2O3/c1-12-3-4-15(17)13(7-12)8-19-5-6-22-14(10-19)9-18(2)11-16(20)21/h3-4,7,14H,5-6,8-11H2,1-2H3,(H,20,21). The van der Waals surface area contributed by atoms with Crippen LogP contribution in [0, 0.1) is 12.7 Å². The van der Waals surface area contributed by atoms with E-state index in [1.807, 2.05) is 13.0 Å². The second-order valence-corrected chi connectivity index (χ2v) is 5.91. The highest BCUT2D eigenvalue weighted by molar-refractivity contribution is 5.69. The second kappa shape index (κ2) is 7.67. The van der Waals surface area contributed by atoms with Crippen molar-refractivity contribution in [3.05, 3.63) is 35.1 Å². The SMILES string of the molecule is Cc1ccc(F)c(CN2CCOC(CN(C)CC(=O)O)C2)c1. The Morgan fingerprint density at radius 3 is 3.05 bits per heavy atom. The van der Waals surface area contributed by atoms with Crippen LogP contribution in [-0.4, -0.2) is 66.8 Å². The third-order valence-electron chi connectivity index (χ3n) is 3.74. The van der Waals surface area contributed by atoms with Crippen LogP contribution in [0.1, 0.15) is 11.1 Å². The van der Waals surface area contributed by atoms with Gasteiger partial charge in [0.05, 0.1) is 19.3 Å². The number of hydrogen-bond donors (Lipinski definition) is 1. The quantitative estimate of drug-likeness (QED) is 0.859. The Labute approximate surface area is 130 Å². The molecule has 1 aliphatic heterocycles. The molecule has 0 bridgehead atoms. The van der Waals surface area contributed by atoms with Crippen LogP contribution in [0.25, 0.3) is 0 Å². The van der Waals surface area contributed by atoms with Crippen LogP contribution < -0.4 is 0 Å². The van der Waals surface area contributed by atoms with Crippen LogP contribution in [0.15, 0.2) is 18.2 Å². The van der Waals surface area contributed by atoms with E-state index in [4.69, 9.17) is 9.84 Å². The van der Waals surface area contributed by atoms with E-state index in [9.17, 15) is 9.18 Å². The monoisotopic (exact) mass is 310 g/mol. The maximum atomic E-state index is 13.8. The summed E-state index contributed by atoms with van der Waals surface area (Å²) < 4.78 is 19.5. The predicted octanol–water partition coefficient (Wildman–Crippen LogP) is 1.35. The van der Waals surface area contributed by atoms with Gasteiger partial charge in [0.2, 0.25) is 0 Å². The summed E-state index contributed by atoms with van der Waals surface area (Å²) in [4.78, 5) is 14.6. The van der Waals surface area contributed by atoms with Crippen LogP contribution >= 0.6 is 0 Å². The zero-order chi connectivity index (χ0) is 16.1. The molecule has 0 saturated carbocycles. The van der Waals surface area contributed by atoms with Gasteiger partial charge in [-0.05, 0) is 20.0 Å². The molecule has 0 radical (unpaired) electrons. The number of carboxylic acids is 1. The van der Waals surface area contributed by atoms with Crippen LogP contribution in [-0.2, 0) is 16.1 Å². The molecule has 22 heavy (non-hydrogen) atoms. The number of morpholine rings is 1. The number of hydrogen-bond acceptors (Lipinski definition) is 4. The number of nitrogens with zero attached hydrogens (tertiary/aromatic N) is 2. The minimum atomic E-state index is -0.850. The van der Waals surface area contributed by atoms with Crippen molar-refractivity contribution < 1.29 is 19.0 Å². The molecule has 0 aromatic heterocycles. The number of likely N-dealkylation sites (N-methyl/N-ethyl adjacent to an activating group) is 1. The zero-order valence-electron chi connectivity index (χ0n) is 13.1. The Balaban J connectivity index is 1.90. The average molecular weight is 310 g/mol. The predicted molar refractivity (Wildman–Crippen MR) is 81.3 cm³/mol. The molecular formula is C16H23FN2O3. The summed E-state index contributed by atoms with van der Waals surface area (Å²) in [6.45, 7) is 5.07. The van der Waals surface area contributed by atoms with Gasteiger partial charge in [0.1, 0.15) is 5.82 Å². The van der Waals surface area contributed by atoms with E-state index in [-0.39, 0.29) is 18.5 Å². The van der Waals surface area contributed by atoms with Gasteiger partial charge in [-0.2, -0.15) is 0 Å². The highest BCUT2D eigenvalue weighted by atomic mass is 19.1. The zero-order valence-corrected chi connectivity index (χ0v) is 13.1. The maximum absolute atomic E-state index is 13.8. The molecule has 5 nitrogen and oxygen atoms in total. The lowest BCUT2D eigenvalue weighted by molar-refractivity contribution is -0.138. The Morgan fingerprint density at radius 2 is 2.32 bits per heavy atom. The average Bonchev–Trinajstić information content (AvgIpc) is 2.42. The van der Waals surface area contributed by atoms with Crippen molar-refractivity contribution in [1.82, 2.24) is 9.80 Å². The molecule has 1 N–H and O–H groups in total. The molecule has 0 amide bonds. The molecule has 2 rings (SSSR count). The lowest BCUT2D eigenvalue weighted by atomic mass is 10.1. The van der Waals surface area contributed by atoms with E-state index >= 15 is 0 Å². The normalized spacial score (nSPS) is 19.5. The molecule has 1 saturated heterocycles. The first kappa shape index (κ1) is 16.9. The number of aryl methyl sites for hydroxylation is 1. The Hall–Kier alpha value is -1.50. The van der Waals surface area contributed by atoms with E-state index in [1.54, 1.807) is 18.0 Å². The van der Waals surface area contributed by atoms with E-state index in [1.165, 1.54) is 6.07 Å². The van der Waals surface area contributed by atoms with E-state index in [0.29, 0.717) is 31.8 Å². The fourth-order valence-electron chi connectivity index (χ4n) is 2.74. The van der Waals surface area contributed by atoms with Crippen molar-refractivity contribution in [1.29, 1.82) is 0 Å². The summed E-state index contributed by atoms with van der Waals surface area (Å²) in [6.07, 6.45) is -0.0500. The molecule has 1 aromatic carbocycles. The summed E-state index contributed by atoms with van der Waals surface area (Å²) in [5.41, 5.74) is 1.74. The topological polar surface area (TPSA) is 53.0 Å². The van der Waals surface area contributed by atoms with E-state index in [0.717, 1.165) is 12.1 Å². The first-order valence-corrected chi connectivity index (χ1v) is 7.43. The van der Waals surface area contributed by atoms with Crippen molar-refractivity contribution >= 4 is 5.97 Å². The van der Waals surface area contributed by atoms with E-state index in [2.05, 4.69) is 4.90 Å². The number of carboxylic acid groups (broad SMARTS) is 1. The first-order valence-electron chi connectivity index (χ1n) is 7.43. The summed E-state index contributed by atoms with van der Waals surface area (Å²) in [7, 11) is 1.76. The number of aliphatic carboxylic acids is 1. The number of ether oxygens (including phenoxy) is 1. The third-order valence-corrected chi connectivity index (χ3v) is 3.74. The largest absolute Gasteiger partial charge is 0.480 e. The summed E-state index contributed by atoms with van der Waals surface area (Å²) in [5, 5.41) is 8.78. The summed E-state index contributed by atoms with van der Waals surface area (Å²) in [5.74, 6) is -1.03. The van der Waals surface area contributed by atoms with Gasteiger partial charge in [-0.1, -0.05) is 17.7 Å². The van der Waals surface area contributed by atoms with Crippen molar-refractivity contribution in [3.8, 4) is 0 Å². The fraction of sp³-hybridized carbons (Fsp3) is 0.562. The van der Waals surface area contributed by atoms with Crippen molar-refractivity contribution in [2.45, 2.75) is 19.6 Å². The number of carbonyl (C=O) groups is 1. The first-order chi connectivity index (χ1) is 10.4. The lowest BCUT2D eigenvalue weighted by Gasteiger charge is -2.34. The highest BCUT2D eigenvalue weighted by Gasteiger charge is 2.23. The minimum Gasteiger partial charge on any atom is -0.480 e. The van der Waals surface area contributed by atoms with Gasteiger partial charge < -0.3 is 9.84 Å². The maximum Gasteiger partial charge on any atom is 0.317 e. The van der Waals surface area contributed by atoms with Crippen molar-refractivity contribution in [2.24, 2.45) is 0 Å². The summed E-state index contributed by atoms with van der Waals surface area (Å²) >= 11 is 0. The smallest absolute Gasteiger partial charge is 0.317 e. The molecule has 1 unspecified atom stereocenters. The molecule has 6 heteroatoms. The van der Waals surface area contributed by atoms with Gasteiger partial charge in [0.25, 0.3) is 0 Å². The van der Waals surface area contributed by atoms with Gasteiger partial charge in [0.15, 0.2) is 0 Å².